The number of rotatable bonds is 50. The maximum atomic E-state index is 12.7. The number of hydrogen-bond donors (Lipinski definition) is 0. The number of aliphatic carboxylic acids is 1. The number of esters is 2. The number of unbranched alkanes of at least 4 members (excludes halogenated alkanes) is 26. The molecule has 0 aromatic carbocycles. The molecule has 0 aromatic rings. The van der Waals surface area contributed by atoms with Crippen LogP contribution in [0.4, 0.5) is 0 Å². The summed E-state index contributed by atoms with van der Waals surface area (Å²) in [5, 5.41) is 11.7. The van der Waals surface area contributed by atoms with Gasteiger partial charge >= 0.3 is 11.9 Å². The number of quaternary nitrogens is 1. The lowest BCUT2D eigenvalue weighted by Gasteiger charge is -2.26. The van der Waals surface area contributed by atoms with Gasteiger partial charge < -0.3 is 33.3 Å². The molecule has 2 atom stereocenters. The molecule has 0 aliphatic rings. The number of carboxylic acid groups (broad SMARTS) is 1. The molecule has 0 amide bonds. The van der Waals surface area contributed by atoms with E-state index in [1.165, 1.54) is 154 Å². The van der Waals surface area contributed by atoms with Crippen molar-refractivity contribution < 1.29 is 42.9 Å². The first-order valence-corrected chi connectivity index (χ1v) is 27.4. The molecule has 0 aliphatic heterocycles. The van der Waals surface area contributed by atoms with E-state index in [-0.39, 0.29) is 38.6 Å². The zero-order chi connectivity index (χ0) is 49.2. The summed E-state index contributed by atoms with van der Waals surface area (Å²) < 4.78 is 22.5. The number of ether oxygens (including phenoxy) is 4. The van der Waals surface area contributed by atoms with Crippen molar-refractivity contribution in [3.8, 4) is 0 Å². The number of nitrogens with zero attached hydrogens (tertiary/aromatic N) is 1. The third-order valence-electron chi connectivity index (χ3n) is 11.8. The Morgan fingerprint density at radius 1 is 0.463 bits per heavy atom. The van der Waals surface area contributed by atoms with Crippen LogP contribution in [0, 0.1) is 0 Å². The number of carboxylic acids is 1. The van der Waals surface area contributed by atoms with Crippen molar-refractivity contribution in [3.05, 3.63) is 60.8 Å². The Morgan fingerprint density at radius 2 is 0.836 bits per heavy atom. The summed E-state index contributed by atoms with van der Waals surface area (Å²) >= 11 is 0. The summed E-state index contributed by atoms with van der Waals surface area (Å²) in [5.74, 6) is -2.44. The summed E-state index contributed by atoms with van der Waals surface area (Å²) in [5.41, 5.74) is 0. The second kappa shape index (κ2) is 49.4. The largest absolute Gasteiger partial charge is 0.545 e. The van der Waals surface area contributed by atoms with Crippen LogP contribution in [0.25, 0.3) is 0 Å². The molecular formula is C58H103NO8. The van der Waals surface area contributed by atoms with Gasteiger partial charge in [-0.2, -0.15) is 0 Å². The predicted molar refractivity (Wildman–Crippen MR) is 278 cm³/mol. The maximum absolute atomic E-state index is 12.7. The van der Waals surface area contributed by atoms with Gasteiger partial charge in [-0.05, 0) is 38.5 Å². The minimum absolute atomic E-state index is 0.0154. The van der Waals surface area contributed by atoms with Crippen LogP contribution in [0.2, 0.25) is 0 Å². The summed E-state index contributed by atoms with van der Waals surface area (Å²) in [7, 11) is 5.89. The molecule has 2 unspecified atom stereocenters. The predicted octanol–water partition coefficient (Wildman–Crippen LogP) is 14.3. The maximum Gasteiger partial charge on any atom is 0.310 e. The normalized spacial score (nSPS) is 13.3. The van der Waals surface area contributed by atoms with E-state index in [0.29, 0.717) is 17.4 Å². The molecule has 0 rings (SSSR count). The van der Waals surface area contributed by atoms with Crippen LogP contribution in [-0.2, 0) is 33.3 Å². The highest BCUT2D eigenvalue weighted by Crippen LogP contribution is 2.17. The van der Waals surface area contributed by atoms with Crippen molar-refractivity contribution in [1.82, 2.24) is 0 Å². The SMILES string of the molecule is CC/C=C\C/C=C\C/C=C\C/C=C\C/C=C\CC(=O)OC(COC(=O)CCCCCCCCCCCCCCCCCCCCCCCCCCCCC)COC(OCC[N+](C)(C)C)C(=O)[O-]. The molecule has 0 heterocycles. The third kappa shape index (κ3) is 50.7. The Labute approximate surface area is 412 Å². The van der Waals surface area contributed by atoms with Gasteiger partial charge in [-0.1, -0.05) is 242 Å². The zero-order valence-electron chi connectivity index (χ0n) is 44.0. The van der Waals surface area contributed by atoms with E-state index in [1.54, 1.807) is 6.08 Å². The van der Waals surface area contributed by atoms with Crippen molar-refractivity contribution in [2.45, 2.75) is 245 Å². The monoisotopic (exact) mass is 942 g/mol. The Kier molecular flexibility index (Phi) is 47.2. The van der Waals surface area contributed by atoms with Gasteiger partial charge in [0.05, 0.1) is 46.7 Å². The molecule has 388 valence electrons. The highest BCUT2D eigenvalue weighted by molar-refractivity contribution is 5.71. The zero-order valence-corrected chi connectivity index (χ0v) is 44.0. The van der Waals surface area contributed by atoms with Crippen LogP contribution in [0.3, 0.4) is 0 Å². The molecule has 0 saturated heterocycles. The van der Waals surface area contributed by atoms with Crippen LogP contribution < -0.4 is 5.11 Å². The van der Waals surface area contributed by atoms with Gasteiger partial charge in [-0.25, -0.2) is 0 Å². The molecule has 0 radical (unpaired) electrons. The Morgan fingerprint density at radius 3 is 1.21 bits per heavy atom. The van der Waals surface area contributed by atoms with Gasteiger partial charge in [0.1, 0.15) is 13.2 Å². The minimum Gasteiger partial charge on any atom is -0.545 e. The second-order valence-corrected chi connectivity index (χ2v) is 19.5. The van der Waals surface area contributed by atoms with Crippen molar-refractivity contribution in [3.63, 3.8) is 0 Å². The Balaban J connectivity index is 4.23. The summed E-state index contributed by atoms with van der Waals surface area (Å²) in [6.07, 6.45) is 58.9. The van der Waals surface area contributed by atoms with Gasteiger partial charge in [-0.3, -0.25) is 9.59 Å². The smallest absolute Gasteiger partial charge is 0.310 e. The fourth-order valence-corrected chi connectivity index (χ4v) is 7.61. The van der Waals surface area contributed by atoms with E-state index >= 15 is 0 Å². The first kappa shape index (κ1) is 64.0. The minimum atomic E-state index is -1.65. The summed E-state index contributed by atoms with van der Waals surface area (Å²) in [6.45, 7) is 4.54. The molecule has 9 nitrogen and oxygen atoms in total. The van der Waals surface area contributed by atoms with Gasteiger partial charge in [-0.15, -0.1) is 0 Å². The molecule has 0 saturated carbocycles. The molecule has 67 heavy (non-hydrogen) atoms. The van der Waals surface area contributed by atoms with Crippen LogP contribution >= 0.6 is 0 Å². The van der Waals surface area contributed by atoms with E-state index in [1.807, 2.05) is 33.3 Å². The average molecular weight is 942 g/mol. The molecule has 0 fully saturated rings. The first-order valence-electron chi connectivity index (χ1n) is 27.4. The number of carbonyl (C=O) groups excluding carboxylic acids is 3. The highest BCUT2D eigenvalue weighted by Gasteiger charge is 2.21. The van der Waals surface area contributed by atoms with Crippen LogP contribution in [0.1, 0.15) is 232 Å². The van der Waals surface area contributed by atoms with Crippen LogP contribution in [0.5, 0.6) is 0 Å². The van der Waals surface area contributed by atoms with Gasteiger partial charge in [0.15, 0.2) is 12.4 Å². The van der Waals surface area contributed by atoms with Gasteiger partial charge in [0.25, 0.3) is 0 Å². The van der Waals surface area contributed by atoms with E-state index in [2.05, 4.69) is 56.4 Å². The lowest BCUT2D eigenvalue weighted by atomic mass is 10.0. The second-order valence-electron chi connectivity index (χ2n) is 19.5. The van der Waals surface area contributed by atoms with Crippen molar-refractivity contribution in [2.24, 2.45) is 0 Å². The molecule has 0 N–H and O–H groups in total. The highest BCUT2D eigenvalue weighted by atomic mass is 16.7. The van der Waals surface area contributed by atoms with Crippen molar-refractivity contribution in [1.29, 1.82) is 0 Å². The van der Waals surface area contributed by atoms with Crippen LogP contribution in [-0.4, -0.2) is 82.3 Å². The lowest BCUT2D eigenvalue weighted by molar-refractivity contribution is -0.870. The van der Waals surface area contributed by atoms with Crippen molar-refractivity contribution in [2.75, 3.05) is 47.5 Å². The quantitative estimate of drug-likeness (QED) is 0.0195. The van der Waals surface area contributed by atoms with Crippen molar-refractivity contribution >= 4 is 17.9 Å². The molecule has 0 aliphatic carbocycles. The molecule has 0 spiro atoms. The standard InChI is InChI=1S/C58H103NO8/c1-6-8-10-12-14-16-18-20-22-23-24-25-26-27-28-29-30-31-32-33-35-36-38-40-42-44-46-48-55(60)65-52-54(53-66-58(57(62)63)64-51-50-59(3,4)5)67-56(61)49-47-45-43-41-39-37-34-21-19-17-15-13-11-9-7-2/h9,11,15,17,21,34,39,41,45,47,54,58H,6-8,10,12-14,16,18-20,22-33,35-38,40,42-44,46,48-53H2,1-5H3/b11-9-,17-15-,34-21-,41-39-,47-45-. The van der Waals surface area contributed by atoms with Gasteiger partial charge in [0.2, 0.25) is 0 Å². The van der Waals surface area contributed by atoms with E-state index in [0.717, 1.165) is 44.9 Å². The van der Waals surface area contributed by atoms with E-state index in [4.69, 9.17) is 18.9 Å². The molecule has 0 aromatic heterocycles. The number of likely N-dealkylation sites (N-methyl/N-ethyl adjacent to an activating group) is 1. The number of hydrogen-bond acceptors (Lipinski definition) is 8. The van der Waals surface area contributed by atoms with Gasteiger partial charge in [0, 0.05) is 6.42 Å². The fraction of sp³-hybridized carbons (Fsp3) is 0.776. The molecule has 9 heteroatoms. The lowest BCUT2D eigenvalue weighted by Crippen LogP contribution is -2.44. The summed E-state index contributed by atoms with van der Waals surface area (Å²) in [6, 6.07) is 0. The average Bonchev–Trinajstić information content (AvgIpc) is 3.29. The van der Waals surface area contributed by atoms with E-state index < -0.39 is 24.3 Å². The number of carbonyl (C=O) groups is 3. The Hall–Kier alpha value is -3.01. The molecule has 0 bridgehead atoms. The first-order chi connectivity index (χ1) is 32.6. The van der Waals surface area contributed by atoms with E-state index in [9.17, 15) is 19.5 Å². The fourth-order valence-electron chi connectivity index (χ4n) is 7.61. The topological polar surface area (TPSA) is 111 Å². The summed E-state index contributed by atoms with van der Waals surface area (Å²) in [4.78, 5) is 37.1. The molecular weight excluding hydrogens is 839 g/mol. The van der Waals surface area contributed by atoms with Crippen LogP contribution in [0.15, 0.2) is 60.8 Å². The number of allylic oxidation sites excluding steroid dienone is 9. The third-order valence-corrected chi connectivity index (χ3v) is 11.8. The Bertz CT molecular complexity index is 1280.